The maximum absolute atomic E-state index is 13.0. The number of aryl methyl sites for hydroxylation is 3. The Bertz CT molecular complexity index is 1550. The molecular weight excluding hydrogens is 500 g/mol. The summed E-state index contributed by atoms with van der Waals surface area (Å²) in [7, 11) is -4.20. The zero-order valence-electron chi connectivity index (χ0n) is 20.5. The molecule has 0 radical (unpaired) electrons. The summed E-state index contributed by atoms with van der Waals surface area (Å²) in [5, 5.41) is 12.0. The van der Waals surface area contributed by atoms with Crippen LogP contribution in [0.3, 0.4) is 0 Å². The number of carbonyl (C=O) groups excluding carboxylic acids is 1. The Morgan fingerprint density at radius 2 is 1.73 bits per heavy atom. The second-order valence-electron chi connectivity index (χ2n) is 8.67. The number of nitrogens with two attached hydrogens (primary N) is 2. The molecule has 37 heavy (non-hydrogen) atoms. The molecule has 3 rings (SSSR count). The van der Waals surface area contributed by atoms with Gasteiger partial charge < -0.3 is 10.4 Å². The van der Waals surface area contributed by atoms with Crippen LogP contribution in [0.5, 0.6) is 0 Å². The molecule has 0 saturated carbocycles. The van der Waals surface area contributed by atoms with Crippen LogP contribution in [0.4, 0.5) is 0 Å². The van der Waals surface area contributed by atoms with E-state index in [2.05, 4.69) is 15.0 Å². The third kappa shape index (κ3) is 6.51. The highest BCUT2D eigenvalue weighted by molar-refractivity contribution is 7.89. The van der Waals surface area contributed by atoms with Gasteiger partial charge in [-0.25, -0.2) is 8.42 Å². The van der Waals surface area contributed by atoms with Gasteiger partial charge in [-0.15, -0.1) is 0 Å². The van der Waals surface area contributed by atoms with E-state index in [0.29, 0.717) is 23.2 Å². The van der Waals surface area contributed by atoms with Gasteiger partial charge in [0.15, 0.2) is 0 Å². The van der Waals surface area contributed by atoms with Crippen LogP contribution >= 0.6 is 0 Å². The molecule has 1 unspecified atom stereocenters. The molecule has 0 bridgehead atoms. The van der Waals surface area contributed by atoms with Gasteiger partial charge in [-0.05, 0) is 44.0 Å². The average Bonchev–Trinajstić information content (AvgIpc) is 2.79. The summed E-state index contributed by atoms with van der Waals surface area (Å²) in [6, 6.07) is 7.63. The van der Waals surface area contributed by atoms with Gasteiger partial charge in [-0.3, -0.25) is 35.2 Å². The minimum atomic E-state index is -4.20. The lowest BCUT2D eigenvalue weighted by Gasteiger charge is -2.18. The summed E-state index contributed by atoms with van der Waals surface area (Å²) in [5.74, 6) is -2.17. The molecule has 1 aromatic carbocycles. The molecule has 0 spiro atoms. The molecule has 1 atom stereocenters. The van der Waals surface area contributed by atoms with Crippen LogP contribution in [0.25, 0.3) is 5.52 Å². The summed E-state index contributed by atoms with van der Waals surface area (Å²) in [6.07, 6.45) is 1.57. The Balaban J connectivity index is 1.79. The van der Waals surface area contributed by atoms with E-state index in [-0.39, 0.29) is 16.4 Å². The summed E-state index contributed by atoms with van der Waals surface area (Å²) in [4.78, 5) is 39.8. The van der Waals surface area contributed by atoms with Crippen molar-refractivity contribution in [2.75, 3.05) is 6.54 Å². The van der Waals surface area contributed by atoms with Gasteiger partial charge in [0.05, 0.1) is 11.4 Å². The van der Waals surface area contributed by atoms with Crippen molar-refractivity contribution in [3.05, 3.63) is 80.8 Å². The van der Waals surface area contributed by atoms with Crippen molar-refractivity contribution in [1.82, 2.24) is 14.4 Å². The summed E-state index contributed by atoms with van der Waals surface area (Å²) < 4.78 is 29.4. The number of carboxylic acid groups (broad SMARTS) is 1. The van der Waals surface area contributed by atoms with Gasteiger partial charge in [0.2, 0.25) is 10.0 Å². The molecule has 0 fully saturated rings. The van der Waals surface area contributed by atoms with Crippen molar-refractivity contribution in [2.45, 2.75) is 38.3 Å². The lowest BCUT2D eigenvalue weighted by Crippen LogP contribution is -2.76. The zero-order valence-corrected chi connectivity index (χ0v) is 21.3. The number of pyridine rings is 2. The van der Waals surface area contributed by atoms with E-state index < -0.39 is 40.0 Å². The van der Waals surface area contributed by atoms with Gasteiger partial charge in [0, 0.05) is 35.5 Å². The number of nitrogens with one attached hydrogen (secondary N) is 3. The number of sulfonamides is 1. The lowest BCUT2D eigenvalue weighted by molar-refractivity contribution is -0.477. The molecule has 8 N–H and O–H groups in total. The molecule has 2 aromatic heterocycles. The molecule has 2 heterocycles. The van der Waals surface area contributed by atoms with Gasteiger partial charge in [-0.1, -0.05) is 23.8 Å². The van der Waals surface area contributed by atoms with E-state index in [9.17, 15) is 27.9 Å². The molecule has 0 saturated heterocycles. The lowest BCUT2D eigenvalue weighted by atomic mass is 10.1. The number of benzene rings is 1. The largest absolute Gasteiger partial charge is 0.480 e. The van der Waals surface area contributed by atoms with E-state index in [1.54, 1.807) is 44.3 Å². The number of guanidine groups is 1. The van der Waals surface area contributed by atoms with Gasteiger partial charge in [-0.2, -0.15) is 4.72 Å². The minimum absolute atomic E-state index is 0.00682. The number of aromatic nitrogens is 1. The minimum Gasteiger partial charge on any atom is -0.480 e. The smallest absolute Gasteiger partial charge is 0.339 e. The van der Waals surface area contributed by atoms with Crippen LogP contribution < -0.4 is 32.1 Å². The first-order valence-electron chi connectivity index (χ1n) is 11.2. The topological polar surface area (TPSA) is 200 Å². The van der Waals surface area contributed by atoms with E-state index in [1.807, 2.05) is 6.92 Å². The Morgan fingerprint density at radius 1 is 1.08 bits per heavy atom. The molecule has 0 aliphatic carbocycles. The maximum Gasteiger partial charge on any atom is 0.339 e. The number of carbonyl (C=O) groups is 2. The maximum atomic E-state index is 13.0. The number of amides is 1. The molecule has 0 aliphatic heterocycles. The average molecular weight is 530 g/mol. The normalized spacial score (nSPS) is 12.2. The molecule has 0 aliphatic rings. The van der Waals surface area contributed by atoms with Crippen molar-refractivity contribution < 1.29 is 28.1 Å². The van der Waals surface area contributed by atoms with E-state index in [1.165, 1.54) is 10.5 Å². The number of nitrogens with zero attached hydrogens (tertiary/aromatic N) is 1. The van der Waals surface area contributed by atoms with Crippen LogP contribution in [0, 0.1) is 20.8 Å². The highest BCUT2D eigenvalue weighted by Gasteiger charge is 2.28. The van der Waals surface area contributed by atoms with E-state index >= 15 is 0 Å². The Morgan fingerprint density at radius 3 is 2.32 bits per heavy atom. The second kappa shape index (κ2) is 10.8. The number of hydrogen-bond donors (Lipinski definition) is 6. The summed E-state index contributed by atoms with van der Waals surface area (Å²) >= 11 is 0. The number of fused-ring (bicyclic) bond motifs is 1. The van der Waals surface area contributed by atoms with E-state index in [4.69, 9.17) is 11.5 Å². The van der Waals surface area contributed by atoms with Gasteiger partial charge in [0.1, 0.15) is 6.04 Å². The molecule has 196 valence electrons. The second-order valence-corrected chi connectivity index (χ2v) is 10.3. The molecule has 3 aromatic rings. The number of aliphatic carboxylic acids is 1. The molecule has 13 heteroatoms. The fourth-order valence-corrected chi connectivity index (χ4v) is 5.66. The van der Waals surface area contributed by atoms with Crippen LogP contribution in [-0.4, -0.2) is 48.3 Å². The van der Waals surface area contributed by atoms with Crippen molar-refractivity contribution in [1.29, 1.82) is 0 Å². The fraction of sp³-hybridized carbons (Fsp3) is 0.250. The highest BCUT2D eigenvalue weighted by Crippen LogP contribution is 2.22. The SMILES string of the molecule is Cc1cc(C)c(S(=O)(=O)NC(CNC(=O)c2cc(=O)n3cc(C[NH+]=C(N)N)ccc3c2)C(=O)O)c(C)c1. The zero-order chi connectivity index (χ0) is 27.5. The third-order valence-electron chi connectivity index (χ3n) is 5.56. The molecular formula is C24H29N6O6S+. The Labute approximate surface area is 213 Å². The number of hydrogen-bond acceptors (Lipinski definition) is 5. The van der Waals surface area contributed by atoms with Gasteiger partial charge >= 0.3 is 11.9 Å². The fourth-order valence-electron chi connectivity index (χ4n) is 4.02. The first-order chi connectivity index (χ1) is 17.3. The Hall–Kier alpha value is -4.23. The van der Waals surface area contributed by atoms with Crippen molar-refractivity contribution in [2.24, 2.45) is 11.5 Å². The van der Waals surface area contributed by atoms with Crippen molar-refractivity contribution in [3.63, 3.8) is 0 Å². The third-order valence-corrected chi connectivity index (χ3v) is 7.33. The Kier molecular flexibility index (Phi) is 7.99. The molecule has 12 nitrogen and oxygen atoms in total. The molecule has 1 amide bonds. The predicted octanol–water partition coefficient (Wildman–Crippen LogP) is -1.76. The summed E-state index contributed by atoms with van der Waals surface area (Å²) in [5.41, 5.74) is 13.2. The monoisotopic (exact) mass is 529 g/mol. The standard InChI is InChI=1S/C24H28N6O6S/c1-13-6-14(2)21(15(3)7-13)37(35,36)29-19(23(33)34)11-27-22(32)17-8-18-5-4-16(10-28-24(25)26)12-30(18)20(31)9-17/h4-9,12,19,29H,10-11H2,1-3H3,(H,27,32)(H,33,34)(H4,25,26,28)/p+1. The van der Waals surface area contributed by atoms with E-state index in [0.717, 1.165) is 17.2 Å². The first kappa shape index (κ1) is 27.4. The number of carboxylic acids is 1. The highest BCUT2D eigenvalue weighted by atomic mass is 32.2. The predicted molar refractivity (Wildman–Crippen MR) is 136 cm³/mol. The summed E-state index contributed by atoms with van der Waals surface area (Å²) in [6.45, 7) is 4.82. The van der Waals surface area contributed by atoms with Crippen LogP contribution in [0.1, 0.15) is 32.6 Å². The van der Waals surface area contributed by atoms with Crippen LogP contribution in [-0.2, 0) is 21.4 Å². The van der Waals surface area contributed by atoms with Crippen LogP contribution in [0.2, 0.25) is 0 Å². The van der Waals surface area contributed by atoms with Crippen molar-refractivity contribution >= 4 is 33.4 Å². The first-order valence-corrected chi connectivity index (χ1v) is 12.6. The quantitative estimate of drug-likeness (QED) is 0.138. The van der Waals surface area contributed by atoms with Gasteiger partial charge in [0.25, 0.3) is 11.5 Å². The van der Waals surface area contributed by atoms with Crippen molar-refractivity contribution in [3.8, 4) is 0 Å². The van der Waals surface area contributed by atoms with Crippen LogP contribution in [0.15, 0.2) is 52.3 Å². The number of rotatable bonds is 9.